The van der Waals surface area contributed by atoms with E-state index >= 15 is 0 Å². The number of hydrogen-bond donors (Lipinski definition) is 1. The first-order valence-corrected chi connectivity index (χ1v) is 7.65. The monoisotopic (exact) mass is 334 g/mol. The van der Waals surface area contributed by atoms with Gasteiger partial charge in [-0.3, -0.25) is 14.4 Å². The van der Waals surface area contributed by atoms with Gasteiger partial charge in [-0.2, -0.15) is 0 Å². The van der Waals surface area contributed by atoms with Gasteiger partial charge in [-0.05, 0) is 12.1 Å². The zero-order chi connectivity index (χ0) is 17.1. The van der Waals surface area contributed by atoms with E-state index in [0.717, 1.165) is 0 Å². The quantitative estimate of drug-likeness (QED) is 0.785. The summed E-state index contributed by atoms with van der Waals surface area (Å²) in [6.45, 7) is 0.822. The van der Waals surface area contributed by atoms with Gasteiger partial charge in [0.05, 0.1) is 5.92 Å². The van der Waals surface area contributed by atoms with Crippen LogP contribution in [-0.4, -0.2) is 51.2 Å². The first kappa shape index (κ1) is 16.1. The Kier molecular flexibility index (Phi) is 4.54. The molecule has 1 N–H and O–H groups in total. The molecule has 2 heterocycles. The van der Waals surface area contributed by atoms with Crippen molar-refractivity contribution < 1.29 is 28.6 Å². The van der Waals surface area contributed by atoms with Crippen LogP contribution in [0.15, 0.2) is 18.2 Å². The first-order chi connectivity index (χ1) is 11.6. The SMILES string of the molecule is CNC(=O)COC(=O)[C@@H]1CC(=O)N(c2ccc3c(c2)OCCO3)C1. The summed E-state index contributed by atoms with van der Waals surface area (Å²) in [5.41, 5.74) is 0.644. The molecule has 2 aliphatic heterocycles. The Labute approximate surface area is 138 Å². The number of likely N-dealkylation sites (N-methyl/N-ethyl adjacent to an activating group) is 1. The smallest absolute Gasteiger partial charge is 0.311 e. The molecule has 0 spiro atoms. The Morgan fingerprint density at radius 1 is 1.29 bits per heavy atom. The molecule has 0 aliphatic carbocycles. The second-order valence-electron chi connectivity index (χ2n) is 5.51. The Bertz CT molecular complexity index is 675. The maximum atomic E-state index is 12.2. The molecule has 0 saturated carbocycles. The number of amides is 2. The van der Waals surface area contributed by atoms with Crippen LogP contribution in [0.25, 0.3) is 0 Å². The van der Waals surface area contributed by atoms with E-state index in [1.165, 1.54) is 11.9 Å². The average Bonchev–Trinajstić information content (AvgIpc) is 3.00. The maximum absolute atomic E-state index is 12.2. The number of nitrogens with zero attached hydrogens (tertiary/aromatic N) is 1. The number of fused-ring (bicyclic) bond motifs is 1. The van der Waals surface area contributed by atoms with Crippen molar-refractivity contribution in [2.24, 2.45) is 5.92 Å². The average molecular weight is 334 g/mol. The van der Waals surface area contributed by atoms with Gasteiger partial charge in [0.2, 0.25) is 5.91 Å². The number of ether oxygens (including phenoxy) is 3. The molecule has 3 rings (SSSR count). The normalized spacial score (nSPS) is 19.1. The van der Waals surface area contributed by atoms with Crippen molar-refractivity contribution in [1.82, 2.24) is 5.32 Å². The fourth-order valence-corrected chi connectivity index (χ4v) is 2.64. The third-order valence-corrected chi connectivity index (χ3v) is 3.92. The molecular formula is C16H18N2O6. The summed E-state index contributed by atoms with van der Waals surface area (Å²) in [6, 6.07) is 5.22. The number of hydrogen-bond acceptors (Lipinski definition) is 6. The molecule has 1 atom stereocenters. The third-order valence-electron chi connectivity index (χ3n) is 3.92. The van der Waals surface area contributed by atoms with Crippen LogP contribution in [-0.2, 0) is 19.1 Å². The fraction of sp³-hybridized carbons (Fsp3) is 0.438. The summed E-state index contributed by atoms with van der Waals surface area (Å²) >= 11 is 0. The lowest BCUT2D eigenvalue weighted by Crippen LogP contribution is -2.29. The van der Waals surface area contributed by atoms with Gasteiger partial charge in [0.15, 0.2) is 18.1 Å². The Hall–Kier alpha value is -2.77. The Balaban J connectivity index is 1.66. The third kappa shape index (κ3) is 3.27. The van der Waals surface area contributed by atoms with Crippen LogP contribution >= 0.6 is 0 Å². The molecule has 0 unspecified atom stereocenters. The van der Waals surface area contributed by atoms with Crippen LogP contribution in [0, 0.1) is 5.92 Å². The maximum Gasteiger partial charge on any atom is 0.311 e. The molecule has 8 heteroatoms. The fourth-order valence-electron chi connectivity index (χ4n) is 2.64. The van der Waals surface area contributed by atoms with Gasteiger partial charge in [0, 0.05) is 31.8 Å². The van der Waals surface area contributed by atoms with Gasteiger partial charge in [0.25, 0.3) is 5.91 Å². The minimum atomic E-state index is -0.588. The van der Waals surface area contributed by atoms with Crippen molar-refractivity contribution in [2.45, 2.75) is 6.42 Å². The van der Waals surface area contributed by atoms with Crippen molar-refractivity contribution in [1.29, 1.82) is 0 Å². The highest BCUT2D eigenvalue weighted by atomic mass is 16.6. The lowest BCUT2D eigenvalue weighted by molar-refractivity contribution is -0.152. The molecule has 8 nitrogen and oxygen atoms in total. The van der Waals surface area contributed by atoms with Crippen LogP contribution in [0.2, 0.25) is 0 Å². The highest BCUT2D eigenvalue weighted by Gasteiger charge is 2.36. The minimum Gasteiger partial charge on any atom is -0.486 e. The molecule has 1 saturated heterocycles. The standard InChI is InChI=1S/C16H18N2O6/c1-17-14(19)9-24-16(21)10-6-15(20)18(8-10)11-2-3-12-13(7-11)23-5-4-22-12/h2-3,7,10H,4-6,8-9H2,1H3,(H,17,19)/t10-/m1/s1. The van der Waals surface area contributed by atoms with Crippen LogP contribution in [0.1, 0.15) is 6.42 Å². The number of carbonyl (C=O) groups excluding carboxylic acids is 3. The summed E-state index contributed by atoms with van der Waals surface area (Å²) in [5.74, 6) is -0.484. The zero-order valence-corrected chi connectivity index (χ0v) is 13.2. The topological polar surface area (TPSA) is 94.2 Å². The van der Waals surface area contributed by atoms with Crippen LogP contribution in [0.4, 0.5) is 5.69 Å². The van der Waals surface area contributed by atoms with E-state index in [1.54, 1.807) is 18.2 Å². The number of nitrogens with one attached hydrogen (secondary N) is 1. The summed E-state index contributed by atoms with van der Waals surface area (Å²) in [7, 11) is 1.46. The van der Waals surface area contributed by atoms with E-state index in [4.69, 9.17) is 14.2 Å². The predicted octanol–water partition coefficient (Wildman–Crippen LogP) is 0.0999. The van der Waals surface area contributed by atoms with Gasteiger partial charge in [-0.15, -0.1) is 0 Å². The second kappa shape index (κ2) is 6.77. The van der Waals surface area contributed by atoms with Crippen LogP contribution in [0.3, 0.4) is 0 Å². The number of anilines is 1. The molecule has 0 radical (unpaired) electrons. The van der Waals surface area contributed by atoms with E-state index < -0.39 is 17.8 Å². The highest BCUT2D eigenvalue weighted by molar-refractivity contribution is 5.99. The molecule has 1 fully saturated rings. The first-order valence-electron chi connectivity index (χ1n) is 7.65. The number of rotatable bonds is 4. The lowest BCUT2D eigenvalue weighted by atomic mass is 10.1. The summed E-state index contributed by atoms with van der Waals surface area (Å²) in [6.07, 6.45) is 0.0566. The van der Waals surface area contributed by atoms with E-state index in [0.29, 0.717) is 30.4 Å². The van der Waals surface area contributed by atoms with Crippen molar-refractivity contribution in [2.75, 3.05) is 38.3 Å². The van der Waals surface area contributed by atoms with E-state index in [2.05, 4.69) is 5.32 Å². The molecule has 0 aromatic heterocycles. The van der Waals surface area contributed by atoms with Crippen molar-refractivity contribution in [3.63, 3.8) is 0 Å². The van der Waals surface area contributed by atoms with Gasteiger partial charge in [0.1, 0.15) is 13.2 Å². The van der Waals surface area contributed by atoms with Crippen LogP contribution in [0.5, 0.6) is 11.5 Å². The summed E-state index contributed by atoms with van der Waals surface area (Å²) in [5, 5.41) is 2.36. The summed E-state index contributed by atoms with van der Waals surface area (Å²) in [4.78, 5) is 36.9. The predicted molar refractivity (Wildman–Crippen MR) is 82.9 cm³/mol. The number of carbonyl (C=O) groups is 3. The van der Waals surface area contributed by atoms with Crippen LogP contribution < -0.4 is 19.7 Å². The molecule has 1 aromatic carbocycles. The van der Waals surface area contributed by atoms with Gasteiger partial charge >= 0.3 is 5.97 Å². The minimum absolute atomic E-state index is 0.0566. The molecule has 1 aromatic rings. The van der Waals surface area contributed by atoms with E-state index in [-0.39, 0.29) is 25.5 Å². The Morgan fingerprint density at radius 2 is 2.04 bits per heavy atom. The number of benzene rings is 1. The summed E-state index contributed by atoms with van der Waals surface area (Å²) < 4.78 is 15.9. The zero-order valence-electron chi connectivity index (χ0n) is 13.2. The van der Waals surface area contributed by atoms with E-state index in [1.807, 2.05) is 0 Å². The Morgan fingerprint density at radius 3 is 2.79 bits per heavy atom. The lowest BCUT2D eigenvalue weighted by Gasteiger charge is -2.22. The largest absolute Gasteiger partial charge is 0.486 e. The molecule has 24 heavy (non-hydrogen) atoms. The van der Waals surface area contributed by atoms with Gasteiger partial charge < -0.3 is 24.4 Å². The van der Waals surface area contributed by atoms with Crippen molar-refractivity contribution >= 4 is 23.5 Å². The van der Waals surface area contributed by atoms with Gasteiger partial charge in [-0.1, -0.05) is 0 Å². The molecule has 2 amide bonds. The number of esters is 1. The molecule has 0 bridgehead atoms. The second-order valence-corrected chi connectivity index (χ2v) is 5.51. The van der Waals surface area contributed by atoms with Crippen molar-refractivity contribution in [3.05, 3.63) is 18.2 Å². The molecule has 128 valence electrons. The van der Waals surface area contributed by atoms with Crippen molar-refractivity contribution in [3.8, 4) is 11.5 Å². The highest BCUT2D eigenvalue weighted by Crippen LogP contribution is 2.36. The van der Waals surface area contributed by atoms with E-state index in [9.17, 15) is 14.4 Å². The van der Waals surface area contributed by atoms with Gasteiger partial charge in [-0.25, -0.2) is 0 Å². The molecule has 2 aliphatic rings. The molecular weight excluding hydrogens is 316 g/mol.